The van der Waals surface area contributed by atoms with Crippen molar-refractivity contribution >= 4 is 11.5 Å². The van der Waals surface area contributed by atoms with Gasteiger partial charge in [-0.3, -0.25) is 0 Å². The summed E-state index contributed by atoms with van der Waals surface area (Å²) in [7, 11) is 0. The Labute approximate surface area is 125 Å². The third kappa shape index (κ3) is 3.16. The standard InChI is InChI=1S/C17H21N3O/c1-13(18)11-14-7-8-17(19-12-14)20-9-4-10-21-16-6-3-2-5-15(16)20/h2-3,5-8,12-13H,4,9-11,18H2,1H3. The van der Waals surface area contributed by atoms with Crippen LogP contribution in [0.5, 0.6) is 5.75 Å². The Morgan fingerprint density at radius 1 is 1.29 bits per heavy atom. The average molecular weight is 283 g/mol. The third-order valence-electron chi connectivity index (χ3n) is 3.58. The molecule has 1 aromatic carbocycles. The molecule has 0 fully saturated rings. The van der Waals surface area contributed by atoms with Crippen molar-refractivity contribution in [1.29, 1.82) is 0 Å². The molecule has 2 aromatic rings. The van der Waals surface area contributed by atoms with Crippen molar-refractivity contribution in [2.24, 2.45) is 5.73 Å². The maximum absolute atomic E-state index is 5.83. The molecule has 0 spiro atoms. The highest BCUT2D eigenvalue weighted by Crippen LogP contribution is 2.34. The van der Waals surface area contributed by atoms with Gasteiger partial charge in [-0.1, -0.05) is 18.2 Å². The first-order valence-electron chi connectivity index (χ1n) is 7.44. The van der Waals surface area contributed by atoms with E-state index in [0.29, 0.717) is 0 Å². The van der Waals surface area contributed by atoms with Gasteiger partial charge in [0.15, 0.2) is 0 Å². The molecule has 0 saturated carbocycles. The van der Waals surface area contributed by atoms with E-state index in [1.54, 1.807) is 0 Å². The van der Waals surface area contributed by atoms with Crippen molar-refractivity contribution in [2.45, 2.75) is 25.8 Å². The molecule has 0 aliphatic carbocycles. The van der Waals surface area contributed by atoms with Crippen LogP contribution in [0.25, 0.3) is 0 Å². The van der Waals surface area contributed by atoms with Crippen LogP contribution in [0, 0.1) is 0 Å². The SMILES string of the molecule is CC(N)Cc1ccc(N2CCCOc3ccccc32)nc1. The molecule has 2 heterocycles. The van der Waals surface area contributed by atoms with Crippen LogP contribution in [0.1, 0.15) is 18.9 Å². The average Bonchev–Trinajstić information content (AvgIpc) is 2.70. The predicted molar refractivity (Wildman–Crippen MR) is 85.2 cm³/mol. The molecule has 4 heteroatoms. The summed E-state index contributed by atoms with van der Waals surface area (Å²) in [6.07, 6.45) is 3.76. The van der Waals surface area contributed by atoms with Crippen molar-refractivity contribution in [3.63, 3.8) is 0 Å². The fraction of sp³-hybridized carbons (Fsp3) is 0.353. The van der Waals surface area contributed by atoms with E-state index >= 15 is 0 Å². The lowest BCUT2D eigenvalue weighted by Crippen LogP contribution is -2.20. The lowest BCUT2D eigenvalue weighted by molar-refractivity contribution is 0.322. The van der Waals surface area contributed by atoms with Crippen LogP contribution in [0.2, 0.25) is 0 Å². The number of hydrogen-bond acceptors (Lipinski definition) is 4. The number of hydrogen-bond donors (Lipinski definition) is 1. The Morgan fingerprint density at radius 3 is 2.90 bits per heavy atom. The summed E-state index contributed by atoms with van der Waals surface area (Å²) in [4.78, 5) is 6.83. The molecular weight excluding hydrogens is 262 g/mol. The number of aromatic nitrogens is 1. The minimum absolute atomic E-state index is 0.157. The second kappa shape index (κ2) is 6.14. The smallest absolute Gasteiger partial charge is 0.142 e. The Bertz CT molecular complexity index is 595. The van der Waals surface area contributed by atoms with Gasteiger partial charge in [-0.25, -0.2) is 4.98 Å². The van der Waals surface area contributed by atoms with E-state index in [-0.39, 0.29) is 6.04 Å². The lowest BCUT2D eigenvalue weighted by Gasteiger charge is -2.22. The van der Waals surface area contributed by atoms with Crippen LogP contribution < -0.4 is 15.4 Å². The number of fused-ring (bicyclic) bond motifs is 1. The van der Waals surface area contributed by atoms with Gasteiger partial charge in [-0.05, 0) is 43.5 Å². The van der Waals surface area contributed by atoms with Crippen molar-refractivity contribution in [3.8, 4) is 5.75 Å². The van der Waals surface area contributed by atoms with Gasteiger partial charge in [0.05, 0.1) is 12.3 Å². The number of para-hydroxylation sites is 2. The molecule has 0 radical (unpaired) electrons. The molecule has 0 bridgehead atoms. The molecule has 4 nitrogen and oxygen atoms in total. The number of rotatable bonds is 3. The maximum atomic E-state index is 5.83. The van der Waals surface area contributed by atoms with Gasteiger partial charge in [0.2, 0.25) is 0 Å². The van der Waals surface area contributed by atoms with Crippen LogP contribution in [-0.2, 0) is 6.42 Å². The van der Waals surface area contributed by atoms with Gasteiger partial charge in [0, 0.05) is 18.8 Å². The van der Waals surface area contributed by atoms with Gasteiger partial charge < -0.3 is 15.4 Å². The Hall–Kier alpha value is -2.07. The van der Waals surface area contributed by atoms with Gasteiger partial charge in [0.25, 0.3) is 0 Å². The first-order chi connectivity index (χ1) is 10.2. The zero-order chi connectivity index (χ0) is 14.7. The lowest BCUT2D eigenvalue weighted by atomic mass is 10.1. The van der Waals surface area contributed by atoms with E-state index in [1.165, 1.54) is 5.56 Å². The Morgan fingerprint density at radius 2 is 2.14 bits per heavy atom. The van der Waals surface area contributed by atoms with Gasteiger partial charge >= 0.3 is 0 Å². The number of nitrogens with two attached hydrogens (primary N) is 1. The number of anilines is 2. The van der Waals surface area contributed by atoms with E-state index < -0.39 is 0 Å². The number of pyridine rings is 1. The molecule has 1 unspecified atom stereocenters. The summed E-state index contributed by atoms with van der Waals surface area (Å²) in [5.41, 5.74) is 8.09. The first kappa shape index (κ1) is 13.9. The van der Waals surface area contributed by atoms with Crippen molar-refractivity contribution in [2.75, 3.05) is 18.1 Å². The van der Waals surface area contributed by atoms with E-state index in [2.05, 4.69) is 28.1 Å². The molecule has 2 N–H and O–H groups in total. The minimum atomic E-state index is 0.157. The first-order valence-corrected chi connectivity index (χ1v) is 7.44. The van der Waals surface area contributed by atoms with E-state index in [9.17, 15) is 0 Å². The fourth-order valence-corrected chi connectivity index (χ4v) is 2.63. The van der Waals surface area contributed by atoms with Gasteiger partial charge in [0.1, 0.15) is 11.6 Å². The highest BCUT2D eigenvalue weighted by atomic mass is 16.5. The molecule has 3 rings (SSSR count). The maximum Gasteiger partial charge on any atom is 0.142 e. The molecule has 1 aliphatic heterocycles. The third-order valence-corrected chi connectivity index (χ3v) is 3.58. The molecule has 1 aromatic heterocycles. The number of ether oxygens (including phenoxy) is 1. The number of benzene rings is 1. The second-order valence-corrected chi connectivity index (χ2v) is 5.53. The zero-order valence-corrected chi connectivity index (χ0v) is 12.3. The summed E-state index contributed by atoms with van der Waals surface area (Å²) in [5.74, 6) is 1.89. The second-order valence-electron chi connectivity index (χ2n) is 5.53. The zero-order valence-electron chi connectivity index (χ0n) is 12.3. The van der Waals surface area contributed by atoms with E-state index in [4.69, 9.17) is 10.5 Å². The van der Waals surface area contributed by atoms with E-state index in [1.807, 2.05) is 31.3 Å². The van der Waals surface area contributed by atoms with Gasteiger partial charge in [-0.2, -0.15) is 0 Å². The van der Waals surface area contributed by atoms with Crippen LogP contribution in [0.3, 0.4) is 0 Å². The predicted octanol–water partition coefficient (Wildman–Crippen LogP) is 2.89. The summed E-state index contributed by atoms with van der Waals surface area (Å²) in [6, 6.07) is 12.5. The fourth-order valence-electron chi connectivity index (χ4n) is 2.63. The van der Waals surface area contributed by atoms with Crippen LogP contribution in [-0.4, -0.2) is 24.2 Å². The van der Waals surface area contributed by atoms with Crippen molar-refractivity contribution in [1.82, 2.24) is 4.98 Å². The summed E-state index contributed by atoms with van der Waals surface area (Å²) in [5, 5.41) is 0. The highest BCUT2D eigenvalue weighted by Gasteiger charge is 2.18. The molecule has 0 amide bonds. The minimum Gasteiger partial charge on any atom is -0.491 e. The monoisotopic (exact) mass is 283 g/mol. The van der Waals surface area contributed by atoms with Crippen LogP contribution in [0.4, 0.5) is 11.5 Å². The molecule has 21 heavy (non-hydrogen) atoms. The molecule has 0 saturated heterocycles. The van der Waals surface area contributed by atoms with Gasteiger partial charge in [-0.15, -0.1) is 0 Å². The largest absolute Gasteiger partial charge is 0.491 e. The number of nitrogens with zero attached hydrogens (tertiary/aromatic N) is 2. The summed E-state index contributed by atoms with van der Waals surface area (Å²) in [6.45, 7) is 3.67. The molecular formula is C17H21N3O. The summed E-state index contributed by atoms with van der Waals surface area (Å²) < 4.78 is 5.79. The van der Waals surface area contributed by atoms with Crippen molar-refractivity contribution < 1.29 is 4.74 Å². The topological polar surface area (TPSA) is 51.4 Å². The van der Waals surface area contributed by atoms with Crippen LogP contribution in [0.15, 0.2) is 42.6 Å². The summed E-state index contributed by atoms with van der Waals surface area (Å²) >= 11 is 0. The quantitative estimate of drug-likeness (QED) is 0.941. The van der Waals surface area contributed by atoms with Crippen molar-refractivity contribution in [3.05, 3.63) is 48.2 Å². The molecule has 1 aliphatic rings. The Kier molecular flexibility index (Phi) is 4.06. The van der Waals surface area contributed by atoms with Crippen LogP contribution >= 0.6 is 0 Å². The normalized spacial score (nSPS) is 15.8. The highest BCUT2D eigenvalue weighted by molar-refractivity contribution is 5.67. The molecule has 1 atom stereocenters. The molecule has 110 valence electrons. The van der Waals surface area contributed by atoms with E-state index in [0.717, 1.165) is 43.2 Å². The Balaban J connectivity index is 1.89.